The van der Waals surface area contributed by atoms with Gasteiger partial charge in [-0.1, -0.05) is 23.1 Å². The minimum Gasteiger partial charge on any atom is -0.481 e. The number of carbonyl (C=O) groups is 2. The van der Waals surface area contributed by atoms with Crippen LogP contribution in [0.4, 0.5) is 0 Å². The zero-order valence-corrected chi connectivity index (χ0v) is 9.53. The van der Waals surface area contributed by atoms with E-state index in [-0.39, 0.29) is 5.75 Å². The molecule has 0 aromatic carbocycles. The van der Waals surface area contributed by atoms with Crippen LogP contribution in [-0.4, -0.2) is 38.3 Å². The van der Waals surface area contributed by atoms with Crippen molar-refractivity contribution >= 4 is 35.0 Å². The molecule has 7 nitrogen and oxygen atoms in total. The van der Waals surface area contributed by atoms with E-state index in [4.69, 9.17) is 10.4 Å². The zero-order valence-electron chi connectivity index (χ0n) is 7.90. The predicted octanol–water partition coefficient (Wildman–Crippen LogP) is 0.737. The molecule has 0 amide bonds. The maximum Gasteiger partial charge on any atom is 0.346 e. The number of carboxylic acid groups (broad SMARTS) is 1. The Morgan fingerprint density at radius 2 is 2.38 bits per heavy atom. The molecule has 0 bridgehead atoms. The zero-order chi connectivity index (χ0) is 12.0. The highest BCUT2D eigenvalue weighted by Gasteiger charge is 2.24. The molecule has 2 N–H and O–H groups in total. The summed E-state index contributed by atoms with van der Waals surface area (Å²) in [5, 5.41) is 24.1. The van der Waals surface area contributed by atoms with Gasteiger partial charge in [0.15, 0.2) is 4.34 Å². The lowest BCUT2D eigenvalue weighted by atomic mass is 10.1. The molecular formula is C7H8N2O5S2. The van der Waals surface area contributed by atoms with Gasteiger partial charge in [-0.15, -0.1) is 10.2 Å². The molecule has 0 spiro atoms. The number of hydrogen-bond acceptors (Lipinski definition) is 8. The maximum atomic E-state index is 11.0. The first-order chi connectivity index (χ1) is 7.63. The van der Waals surface area contributed by atoms with Crippen LogP contribution in [0.3, 0.4) is 0 Å². The first kappa shape index (κ1) is 12.9. The van der Waals surface area contributed by atoms with Crippen LogP contribution in [0.2, 0.25) is 0 Å². The van der Waals surface area contributed by atoms with Crippen molar-refractivity contribution in [2.75, 3.05) is 5.75 Å². The second kappa shape index (κ2) is 6.40. The Balaban J connectivity index is 2.50. The Bertz CT molecular complexity index is 356. The SMILES string of the molecule is O=C(O)CC(CSc1nncs1)C(=O)OO. The first-order valence-electron chi connectivity index (χ1n) is 4.09. The van der Waals surface area contributed by atoms with E-state index in [2.05, 4.69) is 15.1 Å². The number of rotatable bonds is 6. The second-order valence-corrected chi connectivity index (χ2v) is 4.82. The number of hydrogen-bond donors (Lipinski definition) is 2. The molecule has 1 rings (SSSR count). The van der Waals surface area contributed by atoms with Crippen molar-refractivity contribution in [1.29, 1.82) is 0 Å². The Morgan fingerprint density at radius 1 is 1.62 bits per heavy atom. The third-order valence-corrected chi connectivity index (χ3v) is 3.62. The molecule has 0 saturated carbocycles. The molecule has 0 saturated heterocycles. The summed E-state index contributed by atoms with van der Waals surface area (Å²) < 4.78 is 0.626. The number of thioether (sulfide) groups is 1. The highest BCUT2D eigenvalue weighted by Crippen LogP contribution is 2.23. The molecular weight excluding hydrogens is 256 g/mol. The van der Waals surface area contributed by atoms with Crippen LogP contribution in [0.5, 0.6) is 0 Å². The van der Waals surface area contributed by atoms with Gasteiger partial charge in [0.25, 0.3) is 0 Å². The van der Waals surface area contributed by atoms with Crippen LogP contribution in [-0.2, 0) is 14.5 Å². The minimum atomic E-state index is -1.13. The van der Waals surface area contributed by atoms with Crippen LogP contribution in [0.15, 0.2) is 9.85 Å². The number of carbonyl (C=O) groups excluding carboxylic acids is 1. The second-order valence-electron chi connectivity index (χ2n) is 2.72. The third-order valence-electron chi connectivity index (χ3n) is 1.59. The van der Waals surface area contributed by atoms with Crippen LogP contribution >= 0.6 is 23.1 Å². The molecule has 0 aliphatic heterocycles. The summed E-state index contributed by atoms with van der Waals surface area (Å²) in [6.07, 6.45) is -0.398. The molecule has 1 aromatic rings. The Kier molecular flexibility index (Phi) is 5.15. The molecule has 1 heterocycles. The van der Waals surface area contributed by atoms with Crippen molar-refractivity contribution in [3.05, 3.63) is 5.51 Å². The Hall–Kier alpha value is -1.19. The van der Waals surface area contributed by atoms with Crippen LogP contribution in [0.1, 0.15) is 6.42 Å². The molecule has 0 aliphatic rings. The van der Waals surface area contributed by atoms with Crippen LogP contribution in [0.25, 0.3) is 0 Å². The van der Waals surface area contributed by atoms with Gasteiger partial charge in [-0.3, -0.25) is 4.79 Å². The predicted molar refractivity (Wildman–Crippen MR) is 55.1 cm³/mol. The highest BCUT2D eigenvalue weighted by molar-refractivity contribution is 8.01. The van der Waals surface area contributed by atoms with Gasteiger partial charge in [-0.05, 0) is 0 Å². The molecule has 0 fully saturated rings. The molecule has 88 valence electrons. The number of aliphatic carboxylic acids is 1. The average Bonchev–Trinajstić information content (AvgIpc) is 2.75. The van der Waals surface area contributed by atoms with E-state index in [0.717, 1.165) is 0 Å². The smallest absolute Gasteiger partial charge is 0.346 e. The summed E-state index contributed by atoms with van der Waals surface area (Å²) in [5.74, 6) is -2.83. The van der Waals surface area contributed by atoms with Gasteiger partial charge >= 0.3 is 11.9 Å². The fraction of sp³-hybridized carbons (Fsp3) is 0.429. The number of aromatic nitrogens is 2. The molecule has 9 heteroatoms. The summed E-state index contributed by atoms with van der Waals surface area (Å²) in [5.41, 5.74) is 1.53. The lowest BCUT2D eigenvalue weighted by molar-refractivity contribution is -0.238. The lowest BCUT2D eigenvalue weighted by Gasteiger charge is -2.08. The Morgan fingerprint density at radius 3 is 2.88 bits per heavy atom. The van der Waals surface area contributed by atoms with Crippen molar-refractivity contribution in [3.8, 4) is 0 Å². The molecule has 16 heavy (non-hydrogen) atoms. The fourth-order valence-corrected chi connectivity index (χ4v) is 2.48. The van der Waals surface area contributed by atoms with E-state index < -0.39 is 24.3 Å². The van der Waals surface area contributed by atoms with Crippen molar-refractivity contribution in [2.24, 2.45) is 5.92 Å². The summed E-state index contributed by atoms with van der Waals surface area (Å²) >= 11 is 2.47. The summed E-state index contributed by atoms with van der Waals surface area (Å²) in [6.45, 7) is 0. The standard InChI is InChI=1S/C7H8N2O5S2/c10-5(11)1-4(6(12)14-13)2-15-7-9-8-3-16-7/h3-4,13H,1-2H2,(H,10,11). The van der Waals surface area contributed by atoms with E-state index in [0.29, 0.717) is 4.34 Å². The first-order valence-corrected chi connectivity index (χ1v) is 5.96. The van der Waals surface area contributed by atoms with E-state index in [1.165, 1.54) is 28.6 Å². The van der Waals surface area contributed by atoms with Gasteiger partial charge in [-0.25, -0.2) is 4.79 Å². The fourth-order valence-electron chi connectivity index (χ4n) is 0.893. The topological polar surface area (TPSA) is 110 Å². The largest absolute Gasteiger partial charge is 0.481 e. The average molecular weight is 264 g/mol. The number of nitrogens with zero attached hydrogens (tertiary/aromatic N) is 2. The quantitative estimate of drug-likeness (QED) is 0.440. The van der Waals surface area contributed by atoms with Crippen LogP contribution < -0.4 is 0 Å². The summed E-state index contributed by atoms with van der Waals surface area (Å²) in [4.78, 5) is 25.0. The van der Waals surface area contributed by atoms with E-state index in [1.807, 2.05) is 0 Å². The van der Waals surface area contributed by atoms with Gasteiger partial charge in [0.1, 0.15) is 5.51 Å². The van der Waals surface area contributed by atoms with Gasteiger partial charge in [-0.2, -0.15) is 5.26 Å². The van der Waals surface area contributed by atoms with Gasteiger partial charge < -0.3 is 9.99 Å². The van der Waals surface area contributed by atoms with Crippen LogP contribution in [0, 0.1) is 5.92 Å². The van der Waals surface area contributed by atoms with E-state index in [1.54, 1.807) is 0 Å². The van der Waals surface area contributed by atoms with Crippen molar-refractivity contribution in [3.63, 3.8) is 0 Å². The minimum absolute atomic E-state index is 0.168. The summed E-state index contributed by atoms with van der Waals surface area (Å²) in [7, 11) is 0. The van der Waals surface area contributed by atoms with E-state index in [9.17, 15) is 9.59 Å². The van der Waals surface area contributed by atoms with Gasteiger partial charge in [0.05, 0.1) is 12.3 Å². The lowest BCUT2D eigenvalue weighted by Crippen LogP contribution is -2.22. The number of carboxylic acids is 1. The molecule has 0 aliphatic carbocycles. The summed E-state index contributed by atoms with van der Waals surface area (Å²) in [6, 6.07) is 0. The van der Waals surface area contributed by atoms with E-state index >= 15 is 0 Å². The third kappa shape index (κ3) is 4.13. The molecule has 0 radical (unpaired) electrons. The van der Waals surface area contributed by atoms with Crippen molar-refractivity contribution in [1.82, 2.24) is 10.2 Å². The molecule has 1 atom stereocenters. The molecule has 1 aromatic heterocycles. The highest BCUT2D eigenvalue weighted by atomic mass is 32.2. The van der Waals surface area contributed by atoms with Gasteiger partial charge in [0, 0.05) is 5.75 Å². The normalized spacial score (nSPS) is 12.1. The maximum absolute atomic E-state index is 11.0. The van der Waals surface area contributed by atoms with Crippen molar-refractivity contribution in [2.45, 2.75) is 10.8 Å². The van der Waals surface area contributed by atoms with Crippen molar-refractivity contribution < 1.29 is 24.8 Å². The van der Waals surface area contributed by atoms with Gasteiger partial charge in [0.2, 0.25) is 0 Å². The molecule has 1 unspecified atom stereocenters. The Labute approximate surface area is 98.4 Å². The monoisotopic (exact) mass is 264 g/mol.